The number of aliphatic carboxylic acids is 1. The van der Waals surface area contributed by atoms with Gasteiger partial charge in [-0.1, -0.05) is 32.9 Å². The van der Waals surface area contributed by atoms with Crippen LogP contribution in [0.1, 0.15) is 31.9 Å². The Morgan fingerprint density at radius 1 is 1.35 bits per heavy atom. The van der Waals surface area contributed by atoms with E-state index in [0.717, 1.165) is 16.8 Å². The molecule has 4 heteroatoms. The van der Waals surface area contributed by atoms with Gasteiger partial charge in [0, 0.05) is 11.8 Å². The summed E-state index contributed by atoms with van der Waals surface area (Å²) in [5.41, 5.74) is 4.33. The molecule has 0 saturated heterocycles. The monoisotopic (exact) mass is 272 g/mol. The van der Waals surface area contributed by atoms with Gasteiger partial charge in [-0.05, 0) is 29.5 Å². The molecule has 2 rings (SSSR count). The van der Waals surface area contributed by atoms with E-state index in [1.165, 1.54) is 5.56 Å². The molecule has 4 nitrogen and oxygen atoms in total. The van der Waals surface area contributed by atoms with Gasteiger partial charge >= 0.3 is 5.97 Å². The predicted molar refractivity (Wildman–Crippen MR) is 78.7 cm³/mol. The van der Waals surface area contributed by atoms with Crippen LogP contribution in [0.5, 0.6) is 0 Å². The molecule has 20 heavy (non-hydrogen) atoms. The summed E-state index contributed by atoms with van der Waals surface area (Å²) in [6, 6.07) is 6.36. The molecule has 2 aromatic rings. The number of benzene rings is 1. The summed E-state index contributed by atoms with van der Waals surface area (Å²) in [5.74, 6) is -0.867. The molecule has 0 fully saturated rings. The van der Waals surface area contributed by atoms with Crippen molar-refractivity contribution >= 4 is 5.97 Å². The van der Waals surface area contributed by atoms with Crippen LogP contribution in [0.4, 0.5) is 0 Å². The van der Waals surface area contributed by atoms with E-state index in [4.69, 9.17) is 5.11 Å². The Hall–Kier alpha value is -2.10. The van der Waals surface area contributed by atoms with Crippen LogP contribution in [0.25, 0.3) is 11.3 Å². The van der Waals surface area contributed by atoms with E-state index in [1.807, 2.05) is 6.92 Å². The van der Waals surface area contributed by atoms with Gasteiger partial charge in [-0.3, -0.25) is 4.79 Å². The van der Waals surface area contributed by atoms with E-state index in [9.17, 15) is 4.79 Å². The van der Waals surface area contributed by atoms with Crippen molar-refractivity contribution in [3.05, 3.63) is 41.9 Å². The van der Waals surface area contributed by atoms with Crippen LogP contribution in [-0.2, 0) is 16.8 Å². The van der Waals surface area contributed by atoms with Crippen molar-refractivity contribution in [2.24, 2.45) is 0 Å². The number of aromatic nitrogens is 2. The van der Waals surface area contributed by atoms with Gasteiger partial charge in [0.15, 0.2) is 0 Å². The minimum atomic E-state index is -0.867. The van der Waals surface area contributed by atoms with Gasteiger partial charge in [0.1, 0.15) is 6.54 Å². The number of nitrogens with zero attached hydrogens (tertiary/aromatic N) is 2. The lowest BCUT2D eigenvalue weighted by Gasteiger charge is -2.20. The molecular formula is C16H20N2O2. The maximum atomic E-state index is 10.7. The van der Waals surface area contributed by atoms with Crippen molar-refractivity contribution < 1.29 is 9.90 Å². The van der Waals surface area contributed by atoms with Crippen LogP contribution >= 0.6 is 0 Å². The molecule has 0 bridgehead atoms. The van der Waals surface area contributed by atoms with E-state index < -0.39 is 5.97 Å². The zero-order valence-corrected chi connectivity index (χ0v) is 12.3. The molecule has 0 radical (unpaired) electrons. The first-order valence-electron chi connectivity index (χ1n) is 6.62. The number of carbonyl (C=O) groups is 1. The Morgan fingerprint density at radius 3 is 2.65 bits per heavy atom. The number of carboxylic acid groups (broad SMARTS) is 1. The van der Waals surface area contributed by atoms with Gasteiger partial charge in [0.25, 0.3) is 0 Å². The molecule has 0 spiro atoms. The van der Waals surface area contributed by atoms with Gasteiger partial charge in [0.2, 0.25) is 0 Å². The number of hydrogen-bond donors (Lipinski definition) is 1. The number of carboxylic acids is 1. The summed E-state index contributed by atoms with van der Waals surface area (Å²) < 4.78 is 1.58. The summed E-state index contributed by atoms with van der Waals surface area (Å²) in [4.78, 5) is 15.0. The fourth-order valence-corrected chi connectivity index (χ4v) is 2.11. The summed E-state index contributed by atoms with van der Waals surface area (Å²) in [5, 5.41) is 8.80. The fraction of sp³-hybridized carbons (Fsp3) is 0.375. The highest BCUT2D eigenvalue weighted by Crippen LogP contribution is 2.29. The van der Waals surface area contributed by atoms with Gasteiger partial charge < -0.3 is 9.67 Å². The third kappa shape index (κ3) is 3.07. The first kappa shape index (κ1) is 14.3. The highest BCUT2D eigenvalue weighted by molar-refractivity contribution is 5.68. The average molecular weight is 272 g/mol. The highest BCUT2D eigenvalue weighted by Gasteiger charge is 2.16. The molecule has 0 aliphatic heterocycles. The SMILES string of the molecule is Cc1ccc(C(C)(C)C)cc1-c1cn(CC(=O)O)cn1. The van der Waals surface area contributed by atoms with Crippen LogP contribution in [-0.4, -0.2) is 20.6 Å². The van der Waals surface area contributed by atoms with Crippen molar-refractivity contribution in [3.8, 4) is 11.3 Å². The Labute approximate surface area is 119 Å². The molecule has 0 unspecified atom stereocenters. The number of imidazole rings is 1. The Bertz CT molecular complexity index is 636. The molecule has 0 aliphatic carbocycles. The minimum Gasteiger partial charge on any atom is -0.480 e. The molecule has 1 aromatic carbocycles. The lowest BCUT2D eigenvalue weighted by molar-refractivity contribution is -0.137. The maximum Gasteiger partial charge on any atom is 0.323 e. The van der Waals surface area contributed by atoms with E-state index in [1.54, 1.807) is 17.1 Å². The summed E-state index contributed by atoms with van der Waals surface area (Å²) in [7, 11) is 0. The van der Waals surface area contributed by atoms with Gasteiger partial charge in [-0.25, -0.2) is 4.98 Å². The van der Waals surface area contributed by atoms with E-state index in [2.05, 4.69) is 44.0 Å². The zero-order valence-electron chi connectivity index (χ0n) is 12.3. The highest BCUT2D eigenvalue weighted by atomic mass is 16.4. The van der Waals surface area contributed by atoms with Gasteiger partial charge in [-0.2, -0.15) is 0 Å². The Kier molecular flexibility index (Phi) is 3.66. The second-order valence-electron chi connectivity index (χ2n) is 6.10. The largest absolute Gasteiger partial charge is 0.480 e. The van der Waals surface area contributed by atoms with Crippen LogP contribution < -0.4 is 0 Å². The Morgan fingerprint density at radius 2 is 2.05 bits per heavy atom. The Balaban J connectivity index is 2.41. The second-order valence-corrected chi connectivity index (χ2v) is 6.10. The molecular weight excluding hydrogens is 252 g/mol. The van der Waals surface area contributed by atoms with E-state index >= 15 is 0 Å². The topological polar surface area (TPSA) is 55.1 Å². The number of aryl methyl sites for hydroxylation is 1. The third-order valence-corrected chi connectivity index (χ3v) is 3.33. The van der Waals surface area contributed by atoms with Crippen LogP contribution in [0.2, 0.25) is 0 Å². The van der Waals surface area contributed by atoms with E-state index in [-0.39, 0.29) is 12.0 Å². The summed E-state index contributed by atoms with van der Waals surface area (Å²) >= 11 is 0. The lowest BCUT2D eigenvalue weighted by atomic mass is 9.85. The van der Waals surface area contributed by atoms with Crippen molar-refractivity contribution in [3.63, 3.8) is 0 Å². The minimum absolute atomic E-state index is 0.0645. The molecule has 1 heterocycles. The normalized spacial score (nSPS) is 11.6. The first-order valence-corrected chi connectivity index (χ1v) is 6.62. The van der Waals surface area contributed by atoms with Crippen molar-refractivity contribution in [1.29, 1.82) is 0 Å². The maximum absolute atomic E-state index is 10.7. The average Bonchev–Trinajstić information content (AvgIpc) is 2.75. The number of hydrogen-bond acceptors (Lipinski definition) is 2. The quantitative estimate of drug-likeness (QED) is 0.933. The molecule has 0 amide bonds. The van der Waals surface area contributed by atoms with Gasteiger partial charge in [0.05, 0.1) is 12.0 Å². The molecule has 0 atom stereocenters. The lowest BCUT2D eigenvalue weighted by Crippen LogP contribution is -2.11. The van der Waals surface area contributed by atoms with Crippen molar-refractivity contribution in [1.82, 2.24) is 9.55 Å². The smallest absolute Gasteiger partial charge is 0.323 e. The first-order chi connectivity index (χ1) is 9.27. The van der Waals surface area contributed by atoms with Gasteiger partial charge in [-0.15, -0.1) is 0 Å². The molecule has 1 aromatic heterocycles. The second kappa shape index (κ2) is 5.12. The van der Waals surface area contributed by atoms with Crippen molar-refractivity contribution in [2.75, 3.05) is 0 Å². The fourth-order valence-electron chi connectivity index (χ4n) is 2.11. The van der Waals surface area contributed by atoms with Crippen LogP contribution in [0.3, 0.4) is 0 Å². The third-order valence-electron chi connectivity index (χ3n) is 3.33. The zero-order chi connectivity index (χ0) is 14.9. The summed E-state index contributed by atoms with van der Waals surface area (Å²) in [6.07, 6.45) is 3.34. The van der Waals surface area contributed by atoms with Crippen molar-refractivity contribution in [2.45, 2.75) is 39.7 Å². The molecule has 0 saturated carbocycles. The van der Waals surface area contributed by atoms with Crippen LogP contribution in [0, 0.1) is 6.92 Å². The molecule has 106 valence electrons. The predicted octanol–water partition coefficient (Wildman–Crippen LogP) is 3.24. The standard InChI is InChI=1S/C16H20N2O2/c1-11-5-6-12(16(2,3)4)7-13(11)14-8-18(10-17-14)9-15(19)20/h5-8,10H,9H2,1-4H3,(H,19,20). The van der Waals surface area contributed by atoms with Crippen LogP contribution in [0.15, 0.2) is 30.7 Å². The summed E-state index contributed by atoms with van der Waals surface area (Å²) in [6.45, 7) is 8.49. The molecule has 0 aliphatic rings. The molecule has 1 N–H and O–H groups in total. The van der Waals surface area contributed by atoms with E-state index in [0.29, 0.717) is 0 Å². The number of rotatable bonds is 3.